The zero-order chi connectivity index (χ0) is 22.7. The molecule has 8 nitrogen and oxygen atoms in total. The Morgan fingerprint density at radius 3 is 2.72 bits per heavy atom. The first-order valence-electron chi connectivity index (χ1n) is 9.99. The van der Waals surface area contributed by atoms with E-state index in [4.69, 9.17) is 5.73 Å². The first-order valence-corrected chi connectivity index (χ1v) is 11.9. The largest absolute Gasteiger partial charge is 0.368 e. The maximum atomic E-state index is 13.0. The maximum absolute atomic E-state index is 13.0. The lowest BCUT2D eigenvalue weighted by Gasteiger charge is -2.12. The van der Waals surface area contributed by atoms with Gasteiger partial charge < -0.3 is 11.1 Å². The van der Waals surface area contributed by atoms with Crippen LogP contribution < -0.4 is 11.1 Å². The van der Waals surface area contributed by atoms with Gasteiger partial charge in [-0.2, -0.15) is 15.0 Å². The van der Waals surface area contributed by atoms with Gasteiger partial charge in [-0.25, -0.2) is 4.98 Å². The number of nitrogens with zero attached hydrogens (tertiary/aromatic N) is 5. The molecule has 0 spiro atoms. The summed E-state index contributed by atoms with van der Waals surface area (Å²) in [5.74, 6) is 1.41. The van der Waals surface area contributed by atoms with E-state index in [1.807, 2.05) is 67.1 Å². The Kier molecular flexibility index (Phi) is 6.52. The second-order valence-corrected chi connectivity index (χ2v) is 9.38. The summed E-state index contributed by atoms with van der Waals surface area (Å²) in [6.07, 6.45) is 1.76. The number of ketones is 1. The van der Waals surface area contributed by atoms with Crippen molar-refractivity contribution < 1.29 is 4.79 Å². The summed E-state index contributed by atoms with van der Waals surface area (Å²) in [6.45, 7) is 5.89. The molecule has 164 valence electrons. The number of thiazole rings is 1. The zero-order valence-electron chi connectivity index (χ0n) is 17.9. The molecule has 0 fully saturated rings. The number of benzene rings is 1. The number of para-hydroxylation sites is 1. The average molecular weight is 466 g/mol. The highest BCUT2D eigenvalue weighted by Gasteiger charge is 2.20. The molecule has 0 amide bonds. The summed E-state index contributed by atoms with van der Waals surface area (Å²) in [7, 11) is 0. The molecule has 1 atom stereocenters. The number of nitrogens with one attached hydrogen (secondary N) is 1. The number of nitrogen functional groups attached to an aromatic ring is 1. The van der Waals surface area contributed by atoms with Crippen LogP contribution in [0.5, 0.6) is 0 Å². The number of hydrogen-bond donors (Lipinski definition) is 2. The number of Topliss-reactive ketones (excluding diaryl/α,β-unsaturated/α-hetero) is 1. The summed E-state index contributed by atoms with van der Waals surface area (Å²) in [5, 5.41) is 5.78. The van der Waals surface area contributed by atoms with E-state index in [9.17, 15) is 4.79 Å². The minimum absolute atomic E-state index is 0.0578. The van der Waals surface area contributed by atoms with E-state index >= 15 is 0 Å². The SMILES string of the molecule is Cc1cc(C(=O)CSC(C)c2nc(N)nc(Nc3ccccc3)n2)c(C)n1-c1nccs1. The van der Waals surface area contributed by atoms with Crippen molar-refractivity contribution in [3.63, 3.8) is 0 Å². The Morgan fingerprint density at radius 1 is 1.22 bits per heavy atom. The standard InChI is InChI=1S/C22H23N7OS2/c1-13-11-17(14(2)29(13)22-24-9-10-31-22)18(30)12-32-15(3)19-26-20(23)28-21(27-19)25-16-7-5-4-6-8-16/h4-11,15H,12H2,1-3H3,(H3,23,25,26,27,28). The molecule has 4 rings (SSSR count). The predicted molar refractivity (Wildman–Crippen MR) is 130 cm³/mol. The van der Waals surface area contributed by atoms with Crippen LogP contribution >= 0.6 is 23.1 Å². The van der Waals surface area contributed by atoms with Crippen molar-refractivity contribution in [2.45, 2.75) is 26.0 Å². The molecular formula is C22H23N7OS2. The molecule has 3 aromatic heterocycles. The van der Waals surface area contributed by atoms with E-state index in [2.05, 4.69) is 25.3 Å². The van der Waals surface area contributed by atoms with Crippen LogP contribution in [0.25, 0.3) is 5.13 Å². The highest BCUT2D eigenvalue weighted by molar-refractivity contribution is 8.00. The van der Waals surface area contributed by atoms with Crippen LogP contribution in [0.2, 0.25) is 0 Å². The van der Waals surface area contributed by atoms with E-state index in [-0.39, 0.29) is 17.0 Å². The predicted octanol–water partition coefficient (Wildman–Crippen LogP) is 4.74. The Hall–Kier alpha value is -3.24. The van der Waals surface area contributed by atoms with Gasteiger partial charge in [-0.3, -0.25) is 9.36 Å². The topological polar surface area (TPSA) is 112 Å². The van der Waals surface area contributed by atoms with Crippen LogP contribution in [-0.2, 0) is 0 Å². The summed E-state index contributed by atoms with van der Waals surface area (Å²) in [5.41, 5.74) is 9.35. The molecule has 0 saturated heterocycles. The number of rotatable bonds is 8. The number of carbonyl (C=O) groups is 1. The molecule has 0 saturated carbocycles. The Labute approximate surface area is 194 Å². The van der Waals surface area contributed by atoms with Crippen molar-refractivity contribution in [1.82, 2.24) is 24.5 Å². The van der Waals surface area contributed by atoms with E-state index in [1.54, 1.807) is 17.5 Å². The fourth-order valence-electron chi connectivity index (χ4n) is 3.32. The first-order chi connectivity index (χ1) is 15.4. The van der Waals surface area contributed by atoms with E-state index < -0.39 is 0 Å². The molecule has 0 aliphatic heterocycles. The molecular weight excluding hydrogens is 442 g/mol. The van der Waals surface area contributed by atoms with Crippen LogP contribution in [0, 0.1) is 13.8 Å². The number of thioether (sulfide) groups is 1. The molecule has 0 radical (unpaired) electrons. The van der Waals surface area contributed by atoms with Gasteiger partial charge in [0.1, 0.15) is 5.82 Å². The van der Waals surface area contributed by atoms with Crippen LogP contribution in [0.1, 0.15) is 39.7 Å². The van der Waals surface area contributed by atoms with Crippen molar-refractivity contribution in [3.05, 3.63) is 70.8 Å². The molecule has 0 aliphatic carbocycles. The molecule has 3 heterocycles. The van der Waals surface area contributed by atoms with Crippen LogP contribution in [0.4, 0.5) is 17.6 Å². The fraction of sp³-hybridized carbons (Fsp3) is 0.227. The second kappa shape index (κ2) is 9.49. The molecule has 1 aromatic carbocycles. The minimum atomic E-state index is -0.136. The third-order valence-electron chi connectivity index (χ3n) is 4.87. The average Bonchev–Trinajstić information content (AvgIpc) is 3.39. The van der Waals surface area contributed by atoms with Crippen LogP contribution in [0.3, 0.4) is 0 Å². The molecule has 4 aromatic rings. The molecule has 1 unspecified atom stereocenters. The summed E-state index contributed by atoms with van der Waals surface area (Å²) >= 11 is 3.01. The van der Waals surface area contributed by atoms with Crippen molar-refractivity contribution in [2.75, 3.05) is 16.8 Å². The fourth-order valence-corrected chi connectivity index (χ4v) is 4.88. The van der Waals surface area contributed by atoms with Gasteiger partial charge in [-0.15, -0.1) is 23.1 Å². The number of hydrogen-bond acceptors (Lipinski definition) is 9. The van der Waals surface area contributed by atoms with E-state index in [0.29, 0.717) is 23.1 Å². The number of nitrogens with two attached hydrogens (primary N) is 1. The minimum Gasteiger partial charge on any atom is -0.368 e. The van der Waals surface area contributed by atoms with Gasteiger partial charge in [0.15, 0.2) is 10.9 Å². The first kappa shape index (κ1) is 22.0. The van der Waals surface area contributed by atoms with Crippen LogP contribution in [0.15, 0.2) is 48.0 Å². The van der Waals surface area contributed by atoms with E-state index in [1.165, 1.54) is 11.8 Å². The Morgan fingerprint density at radius 2 is 2.00 bits per heavy atom. The molecule has 0 aliphatic rings. The van der Waals surface area contributed by atoms with Gasteiger partial charge in [-0.1, -0.05) is 18.2 Å². The van der Waals surface area contributed by atoms with Gasteiger partial charge in [0.2, 0.25) is 11.9 Å². The summed E-state index contributed by atoms with van der Waals surface area (Å²) < 4.78 is 2.01. The summed E-state index contributed by atoms with van der Waals surface area (Å²) in [6, 6.07) is 11.5. The Bertz CT molecular complexity index is 1220. The number of carbonyl (C=O) groups excluding carboxylic acids is 1. The zero-order valence-corrected chi connectivity index (χ0v) is 19.6. The monoisotopic (exact) mass is 465 g/mol. The number of aromatic nitrogens is 5. The van der Waals surface area contributed by atoms with Crippen molar-refractivity contribution >= 4 is 46.5 Å². The maximum Gasteiger partial charge on any atom is 0.232 e. The molecule has 10 heteroatoms. The lowest BCUT2D eigenvalue weighted by atomic mass is 10.2. The van der Waals surface area contributed by atoms with Crippen molar-refractivity contribution in [1.29, 1.82) is 0 Å². The van der Waals surface area contributed by atoms with Gasteiger partial charge in [0, 0.05) is 34.2 Å². The lowest BCUT2D eigenvalue weighted by molar-refractivity contribution is 0.102. The molecule has 32 heavy (non-hydrogen) atoms. The molecule has 0 bridgehead atoms. The number of anilines is 3. The van der Waals surface area contributed by atoms with E-state index in [0.717, 1.165) is 22.2 Å². The quantitative estimate of drug-likeness (QED) is 0.359. The summed E-state index contributed by atoms with van der Waals surface area (Å²) in [4.78, 5) is 30.3. The van der Waals surface area contributed by atoms with Gasteiger partial charge in [0.25, 0.3) is 0 Å². The van der Waals surface area contributed by atoms with Gasteiger partial charge in [-0.05, 0) is 39.0 Å². The lowest BCUT2D eigenvalue weighted by Crippen LogP contribution is -2.10. The highest BCUT2D eigenvalue weighted by Crippen LogP contribution is 2.29. The van der Waals surface area contributed by atoms with Gasteiger partial charge in [0.05, 0.1) is 11.0 Å². The normalized spacial score (nSPS) is 12.0. The molecule has 3 N–H and O–H groups in total. The van der Waals surface area contributed by atoms with Crippen molar-refractivity contribution in [3.8, 4) is 5.13 Å². The van der Waals surface area contributed by atoms with Crippen LogP contribution in [-0.4, -0.2) is 36.0 Å². The van der Waals surface area contributed by atoms with Crippen molar-refractivity contribution in [2.24, 2.45) is 0 Å². The smallest absolute Gasteiger partial charge is 0.232 e. The third-order valence-corrected chi connectivity index (χ3v) is 6.77. The highest BCUT2D eigenvalue weighted by atomic mass is 32.2. The third kappa shape index (κ3) is 4.81. The Balaban J connectivity index is 1.45. The number of aryl methyl sites for hydroxylation is 1. The second-order valence-electron chi connectivity index (χ2n) is 7.18. The van der Waals surface area contributed by atoms with Gasteiger partial charge >= 0.3 is 0 Å².